The van der Waals surface area contributed by atoms with Crippen molar-refractivity contribution in [2.24, 2.45) is 0 Å². The summed E-state index contributed by atoms with van der Waals surface area (Å²) >= 11 is 12.3. The minimum atomic E-state index is -0.654. The molecule has 1 N–H and O–H groups in total. The topological polar surface area (TPSA) is 73.9 Å². The van der Waals surface area contributed by atoms with Gasteiger partial charge in [0.1, 0.15) is 6.61 Å². The van der Waals surface area contributed by atoms with Gasteiger partial charge in [0.05, 0.1) is 25.0 Å². The monoisotopic (exact) mass is 549 g/mol. The van der Waals surface area contributed by atoms with Gasteiger partial charge in [0.15, 0.2) is 17.3 Å². The molecule has 6 nitrogen and oxygen atoms in total. The first-order valence-electron chi connectivity index (χ1n) is 12.1. The quantitative estimate of drug-likeness (QED) is 0.330. The van der Waals surface area contributed by atoms with E-state index in [0.717, 1.165) is 11.1 Å². The number of carbonyl (C=O) groups is 2. The Labute approximate surface area is 230 Å². The summed E-state index contributed by atoms with van der Waals surface area (Å²) in [6.07, 6.45) is 0. The molecule has 0 amide bonds. The van der Waals surface area contributed by atoms with E-state index < -0.39 is 11.9 Å². The predicted octanol–water partition coefficient (Wildman–Crippen LogP) is 6.71. The Morgan fingerprint density at radius 2 is 1.76 bits per heavy atom. The average molecular weight is 550 g/mol. The van der Waals surface area contributed by atoms with Gasteiger partial charge in [0.25, 0.3) is 0 Å². The van der Waals surface area contributed by atoms with Crippen LogP contribution in [0.4, 0.5) is 0 Å². The lowest BCUT2D eigenvalue weighted by Crippen LogP contribution is -2.29. The number of rotatable bonds is 7. The highest BCUT2D eigenvalue weighted by Gasteiger charge is 2.43. The Morgan fingerprint density at radius 3 is 2.47 bits per heavy atom. The zero-order chi connectivity index (χ0) is 27.0. The van der Waals surface area contributed by atoms with Gasteiger partial charge in [0, 0.05) is 43.9 Å². The van der Waals surface area contributed by atoms with Crippen molar-refractivity contribution >= 4 is 40.7 Å². The number of fused-ring (bicyclic) bond motifs is 2. The molecule has 0 fully saturated rings. The molecular formula is C30H25Cl2NO5. The lowest BCUT2D eigenvalue weighted by Gasteiger charge is -2.29. The zero-order valence-corrected chi connectivity index (χ0v) is 22.6. The molecule has 0 bridgehead atoms. The van der Waals surface area contributed by atoms with Crippen molar-refractivity contribution in [1.82, 2.24) is 5.32 Å². The van der Waals surface area contributed by atoms with Crippen molar-refractivity contribution in [2.75, 3.05) is 13.7 Å². The van der Waals surface area contributed by atoms with Crippen LogP contribution in [-0.4, -0.2) is 25.5 Å². The average Bonchev–Trinajstić information content (AvgIpc) is 3.19. The second-order valence-electron chi connectivity index (χ2n) is 8.92. The van der Waals surface area contributed by atoms with E-state index in [4.69, 9.17) is 37.4 Å². The summed E-state index contributed by atoms with van der Waals surface area (Å²) in [5.74, 6) is -0.311. The van der Waals surface area contributed by atoms with Crippen LogP contribution in [-0.2, 0) is 16.1 Å². The molecule has 1 aliphatic heterocycles. The number of halogens is 2. The van der Waals surface area contributed by atoms with Crippen LogP contribution in [0.5, 0.6) is 11.5 Å². The first kappa shape index (κ1) is 25.9. The highest BCUT2D eigenvalue weighted by Crippen LogP contribution is 2.48. The number of hydrogen-bond donors (Lipinski definition) is 1. The maximum Gasteiger partial charge on any atom is 0.336 e. The smallest absolute Gasteiger partial charge is 0.336 e. The standard InChI is InChI=1S/C30H25Cl2NO5/c1-4-37-30(35)25-16(2)33-28-20-7-5-6-8-21(20)29(34)27(28)26(25)17-10-12-23(24(13-17)36-3)38-15-18-9-11-19(31)14-22(18)32/h5-14,26,33H,4,15H2,1-3H3/t26-/m1/s1. The molecule has 8 heteroatoms. The van der Waals surface area contributed by atoms with Crippen LogP contribution in [0.15, 0.2) is 77.5 Å². The van der Waals surface area contributed by atoms with Gasteiger partial charge in [-0.1, -0.05) is 59.6 Å². The van der Waals surface area contributed by atoms with Crippen LogP contribution in [0.25, 0.3) is 5.70 Å². The van der Waals surface area contributed by atoms with Crippen LogP contribution in [0.2, 0.25) is 10.0 Å². The molecule has 1 atom stereocenters. The summed E-state index contributed by atoms with van der Waals surface area (Å²) in [4.78, 5) is 26.8. The summed E-state index contributed by atoms with van der Waals surface area (Å²) in [7, 11) is 1.54. The Balaban J connectivity index is 1.56. The first-order valence-corrected chi connectivity index (χ1v) is 12.9. The number of hydrogen-bond acceptors (Lipinski definition) is 6. The largest absolute Gasteiger partial charge is 0.493 e. The Hall–Kier alpha value is -3.74. The summed E-state index contributed by atoms with van der Waals surface area (Å²) < 4.78 is 17.1. The highest BCUT2D eigenvalue weighted by atomic mass is 35.5. The molecule has 0 spiro atoms. The number of esters is 1. The van der Waals surface area contributed by atoms with Gasteiger partial charge in [-0.05, 0) is 43.7 Å². The molecule has 0 aromatic heterocycles. The number of ketones is 1. The number of methoxy groups -OCH3 is 1. The zero-order valence-electron chi connectivity index (χ0n) is 21.1. The molecule has 1 heterocycles. The lowest BCUT2D eigenvalue weighted by molar-refractivity contribution is -0.138. The Morgan fingerprint density at radius 1 is 1.00 bits per heavy atom. The molecule has 38 heavy (non-hydrogen) atoms. The first-order chi connectivity index (χ1) is 18.3. The summed E-state index contributed by atoms with van der Waals surface area (Å²) in [6.45, 7) is 3.99. The van der Waals surface area contributed by atoms with Gasteiger partial charge in [0.2, 0.25) is 0 Å². The van der Waals surface area contributed by atoms with Gasteiger partial charge in [-0.15, -0.1) is 0 Å². The minimum absolute atomic E-state index is 0.126. The van der Waals surface area contributed by atoms with E-state index in [-0.39, 0.29) is 19.0 Å². The van der Waals surface area contributed by atoms with Crippen molar-refractivity contribution < 1.29 is 23.8 Å². The Bertz CT molecular complexity index is 1520. The molecule has 0 unspecified atom stereocenters. The third-order valence-corrected chi connectivity index (χ3v) is 7.25. The van der Waals surface area contributed by atoms with E-state index in [1.807, 2.05) is 31.2 Å². The second kappa shape index (κ2) is 10.6. The third-order valence-electron chi connectivity index (χ3n) is 6.66. The number of Topliss-reactive ketones (excluding diaryl/α,β-unsaturated/α-hetero) is 1. The van der Waals surface area contributed by atoms with E-state index in [9.17, 15) is 9.59 Å². The number of nitrogens with one attached hydrogen (secondary N) is 1. The van der Waals surface area contributed by atoms with Crippen LogP contribution in [0.1, 0.15) is 46.8 Å². The number of benzene rings is 3. The molecule has 1 aliphatic carbocycles. The van der Waals surface area contributed by atoms with Crippen LogP contribution in [0.3, 0.4) is 0 Å². The molecule has 3 aromatic carbocycles. The number of carbonyl (C=O) groups excluding carboxylic acids is 2. The molecule has 3 aromatic rings. The third kappa shape index (κ3) is 4.55. The van der Waals surface area contributed by atoms with Gasteiger partial charge in [-0.2, -0.15) is 0 Å². The second-order valence-corrected chi connectivity index (χ2v) is 9.76. The van der Waals surface area contributed by atoms with Crippen LogP contribution < -0.4 is 14.8 Å². The molecule has 194 valence electrons. The van der Waals surface area contributed by atoms with E-state index >= 15 is 0 Å². The fraction of sp³-hybridized carbons (Fsp3) is 0.200. The van der Waals surface area contributed by atoms with Crippen LogP contribution >= 0.6 is 23.2 Å². The van der Waals surface area contributed by atoms with Crippen molar-refractivity contribution in [3.05, 3.63) is 110 Å². The van der Waals surface area contributed by atoms with E-state index in [2.05, 4.69) is 5.32 Å². The maximum atomic E-state index is 13.6. The highest BCUT2D eigenvalue weighted by molar-refractivity contribution is 6.35. The molecule has 0 saturated carbocycles. The summed E-state index contributed by atoms with van der Waals surface area (Å²) in [5, 5.41) is 4.34. The Kier molecular flexibility index (Phi) is 7.19. The fourth-order valence-corrected chi connectivity index (χ4v) is 5.38. The van der Waals surface area contributed by atoms with Crippen molar-refractivity contribution in [3.8, 4) is 11.5 Å². The van der Waals surface area contributed by atoms with Gasteiger partial charge in [-0.25, -0.2) is 4.79 Å². The van der Waals surface area contributed by atoms with Gasteiger partial charge < -0.3 is 19.5 Å². The molecular weight excluding hydrogens is 525 g/mol. The fourth-order valence-electron chi connectivity index (χ4n) is 4.92. The lowest BCUT2D eigenvalue weighted by atomic mass is 9.79. The van der Waals surface area contributed by atoms with Gasteiger partial charge >= 0.3 is 5.97 Å². The van der Waals surface area contributed by atoms with Crippen LogP contribution in [0, 0.1) is 0 Å². The summed E-state index contributed by atoms with van der Waals surface area (Å²) in [5.41, 5.74) is 5.11. The number of ether oxygens (including phenoxy) is 3. The normalized spacial score (nSPS) is 16.1. The molecule has 0 saturated heterocycles. The molecule has 5 rings (SSSR count). The van der Waals surface area contributed by atoms with E-state index in [1.165, 1.54) is 7.11 Å². The van der Waals surface area contributed by atoms with Crippen molar-refractivity contribution in [2.45, 2.75) is 26.4 Å². The van der Waals surface area contributed by atoms with E-state index in [0.29, 0.717) is 55.2 Å². The SMILES string of the molecule is CCOC(=O)C1=C(C)NC2=C(C(=O)c3ccccc32)[C@@H]1c1ccc(OCc2ccc(Cl)cc2Cl)c(OC)c1. The van der Waals surface area contributed by atoms with E-state index in [1.54, 1.807) is 43.3 Å². The van der Waals surface area contributed by atoms with Crippen molar-refractivity contribution in [1.29, 1.82) is 0 Å². The molecule has 0 radical (unpaired) electrons. The number of allylic oxidation sites excluding steroid dienone is 2. The maximum absolute atomic E-state index is 13.6. The van der Waals surface area contributed by atoms with Gasteiger partial charge in [-0.3, -0.25) is 4.79 Å². The predicted molar refractivity (Wildman–Crippen MR) is 147 cm³/mol. The summed E-state index contributed by atoms with van der Waals surface area (Å²) in [6, 6.07) is 18.0. The minimum Gasteiger partial charge on any atom is -0.493 e. The van der Waals surface area contributed by atoms with Crippen molar-refractivity contribution in [3.63, 3.8) is 0 Å². The number of dihydropyridines is 1. The molecule has 2 aliphatic rings.